The predicted molar refractivity (Wildman–Crippen MR) is 124 cm³/mol. The number of hydrazone groups is 1. The number of thiazole rings is 1. The molecular weight excluding hydrogens is 439 g/mol. The van der Waals surface area contributed by atoms with Crippen LogP contribution in [-0.2, 0) is 11.3 Å². The smallest absolute Gasteiger partial charge is 0.240 e. The van der Waals surface area contributed by atoms with Crippen LogP contribution in [0.5, 0.6) is 0 Å². The molecule has 0 saturated heterocycles. The van der Waals surface area contributed by atoms with Gasteiger partial charge < -0.3 is 4.90 Å². The molecule has 154 valence electrons. The average Bonchev–Trinajstić information content (AvgIpc) is 3.33. The number of hydrogen-bond donors (Lipinski definition) is 0. The molecule has 1 aliphatic rings. The molecule has 1 amide bonds. The number of carbonyl (C=O) groups excluding carboxylic acids is 1. The van der Waals surface area contributed by atoms with Gasteiger partial charge in [0, 0.05) is 32.0 Å². The van der Waals surface area contributed by atoms with Gasteiger partial charge in [-0.3, -0.25) is 4.79 Å². The third-order valence-electron chi connectivity index (χ3n) is 4.90. The highest BCUT2D eigenvalue weighted by Crippen LogP contribution is 2.42. The highest BCUT2D eigenvalue weighted by atomic mass is 35.5. The quantitative estimate of drug-likeness (QED) is 0.486. The van der Waals surface area contributed by atoms with Gasteiger partial charge in [-0.1, -0.05) is 77.0 Å². The van der Waals surface area contributed by atoms with Crippen LogP contribution in [0.15, 0.2) is 59.7 Å². The van der Waals surface area contributed by atoms with Gasteiger partial charge >= 0.3 is 0 Å². The molecule has 1 aromatic heterocycles. The Labute approximate surface area is 189 Å². The van der Waals surface area contributed by atoms with Crippen LogP contribution in [0.3, 0.4) is 0 Å². The first-order valence-electron chi connectivity index (χ1n) is 9.47. The molecule has 0 saturated carbocycles. The zero-order valence-corrected chi connectivity index (χ0v) is 18.9. The van der Waals surface area contributed by atoms with Gasteiger partial charge in [0.1, 0.15) is 5.15 Å². The van der Waals surface area contributed by atoms with E-state index in [-0.39, 0.29) is 11.9 Å². The van der Waals surface area contributed by atoms with Crippen LogP contribution in [0.4, 0.5) is 5.13 Å². The second kappa shape index (κ2) is 8.76. The summed E-state index contributed by atoms with van der Waals surface area (Å²) >= 11 is 14.0. The highest BCUT2D eigenvalue weighted by Gasteiger charge is 2.35. The number of aromatic nitrogens is 1. The zero-order valence-electron chi connectivity index (χ0n) is 16.5. The lowest BCUT2D eigenvalue weighted by Gasteiger charge is -2.19. The van der Waals surface area contributed by atoms with Crippen molar-refractivity contribution in [3.8, 4) is 0 Å². The molecule has 0 spiro atoms. The Hall–Kier alpha value is -2.41. The molecule has 1 atom stereocenters. The fourth-order valence-electron chi connectivity index (χ4n) is 3.42. The van der Waals surface area contributed by atoms with Crippen LogP contribution in [0.25, 0.3) is 0 Å². The number of amides is 1. The molecule has 0 bridgehead atoms. The minimum absolute atomic E-state index is 0.132. The number of anilines is 1. The molecular formula is C22H20Cl2N4OS. The number of rotatable bonds is 5. The van der Waals surface area contributed by atoms with E-state index in [1.54, 1.807) is 0 Å². The first-order chi connectivity index (χ1) is 14.4. The van der Waals surface area contributed by atoms with Gasteiger partial charge in [0.25, 0.3) is 0 Å². The van der Waals surface area contributed by atoms with Gasteiger partial charge in [0.2, 0.25) is 5.91 Å². The monoisotopic (exact) mass is 458 g/mol. The molecule has 5 nitrogen and oxygen atoms in total. The number of halogens is 2. The molecule has 0 fully saturated rings. The van der Waals surface area contributed by atoms with Crippen LogP contribution in [0.1, 0.15) is 35.4 Å². The summed E-state index contributed by atoms with van der Waals surface area (Å²) in [6, 6.07) is 17.4. The van der Waals surface area contributed by atoms with E-state index in [0.29, 0.717) is 16.6 Å². The molecule has 0 radical (unpaired) electrons. The van der Waals surface area contributed by atoms with Gasteiger partial charge in [0.05, 0.1) is 16.6 Å². The second-order valence-electron chi connectivity index (χ2n) is 7.13. The van der Waals surface area contributed by atoms with E-state index in [4.69, 9.17) is 23.2 Å². The largest absolute Gasteiger partial charge is 0.347 e. The Kier molecular flexibility index (Phi) is 6.09. The Bertz CT molecular complexity index is 1080. The van der Waals surface area contributed by atoms with Crippen LogP contribution >= 0.6 is 34.5 Å². The Morgan fingerprint density at radius 1 is 1.17 bits per heavy atom. The molecule has 1 aliphatic heterocycles. The van der Waals surface area contributed by atoms with E-state index >= 15 is 0 Å². The molecule has 0 aliphatic carbocycles. The molecule has 4 rings (SSSR count). The van der Waals surface area contributed by atoms with Crippen LogP contribution in [-0.4, -0.2) is 28.7 Å². The van der Waals surface area contributed by atoms with E-state index in [2.05, 4.69) is 27.1 Å². The minimum Gasteiger partial charge on any atom is -0.347 e. The summed E-state index contributed by atoms with van der Waals surface area (Å²) in [7, 11) is 1.99. The number of benzene rings is 2. The standard InChI is InChI=1S/C22H20Cl2N4OS/c1-14(29)28-19(12-18(26-28)16-8-10-17(23)11-9-16)20-21(24)25-22(30-20)27(2)13-15-6-4-3-5-7-15/h3-11,19H,12-13H2,1-2H3. The van der Waals surface area contributed by atoms with Crippen LogP contribution in [0, 0.1) is 0 Å². The summed E-state index contributed by atoms with van der Waals surface area (Å²) in [6.07, 6.45) is 0.574. The topological polar surface area (TPSA) is 48.8 Å². The fourth-order valence-corrected chi connectivity index (χ4v) is 4.92. The van der Waals surface area contributed by atoms with Gasteiger partial charge in [0.15, 0.2) is 5.13 Å². The fraction of sp³-hybridized carbons (Fsp3) is 0.227. The van der Waals surface area contributed by atoms with Crippen molar-refractivity contribution in [3.63, 3.8) is 0 Å². The predicted octanol–water partition coefficient (Wildman–Crippen LogP) is 5.78. The van der Waals surface area contributed by atoms with Gasteiger partial charge in [-0.05, 0) is 23.3 Å². The summed E-state index contributed by atoms with van der Waals surface area (Å²) in [4.78, 5) is 19.7. The maximum Gasteiger partial charge on any atom is 0.240 e. The zero-order chi connectivity index (χ0) is 21.3. The summed E-state index contributed by atoms with van der Waals surface area (Å²) in [6.45, 7) is 2.23. The minimum atomic E-state index is -0.267. The third-order valence-corrected chi connectivity index (χ3v) is 6.82. The van der Waals surface area contributed by atoms with Crippen molar-refractivity contribution >= 4 is 51.3 Å². The second-order valence-corrected chi connectivity index (χ2v) is 8.93. The Balaban J connectivity index is 1.58. The van der Waals surface area contributed by atoms with Crippen LogP contribution < -0.4 is 4.90 Å². The average molecular weight is 459 g/mol. The third kappa shape index (κ3) is 4.36. The van der Waals surface area contributed by atoms with Crippen molar-refractivity contribution in [1.82, 2.24) is 9.99 Å². The van der Waals surface area contributed by atoms with E-state index in [1.807, 2.05) is 49.5 Å². The van der Waals surface area contributed by atoms with E-state index in [9.17, 15) is 4.79 Å². The van der Waals surface area contributed by atoms with Crippen molar-refractivity contribution in [2.24, 2.45) is 5.10 Å². The Morgan fingerprint density at radius 2 is 1.87 bits per heavy atom. The van der Waals surface area contributed by atoms with Crippen molar-refractivity contribution in [2.75, 3.05) is 11.9 Å². The van der Waals surface area contributed by atoms with Crippen molar-refractivity contribution in [3.05, 3.63) is 80.8 Å². The van der Waals surface area contributed by atoms with Crippen molar-refractivity contribution in [1.29, 1.82) is 0 Å². The summed E-state index contributed by atoms with van der Waals surface area (Å²) in [5.41, 5.74) is 2.96. The molecule has 3 aromatic rings. The molecule has 30 heavy (non-hydrogen) atoms. The van der Waals surface area contributed by atoms with Gasteiger partial charge in [-0.2, -0.15) is 5.10 Å². The summed E-state index contributed by atoms with van der Waals surface area (Å²) < 4.78 is 0. The Morgan fingerprint density at radius 3 is 2.53 bits per heavy atom. The molecule has 8 heteroatoms. The molecule has 0 N–H and O–H groups in total. The van der Waals surface area contributed by atoms with E-state index in [1.165, 1.54) is 28.8 Å². The van der Waals surface area contributed by atoms with E-state index < -0.39 is 0 Å². The first-order valence-corrected chi connectivity index (χ1v) is 11.0. The number of hydrogen-bond acceptors (Lipinski definition) is 5. The maximum atomic E-state index is 12.3. The van der Waals surface area contributed by atoms with Crippen molar-refractivity contribution < 1.29 is 4.79 Å². The SMILES string of the molecule is CC(=O)N1N=C(c2ccc(Cl)cc2)CC1c1sc(N(C)Cc2ccccc2)nc1Cl. The summed E-state index contributed by atoms with van der Waals surface area (Å²) in [5, 5.41) is 7.96. The summed E-state index contributed by atoms with van der Waals surface area (Å²) in [5.74, 6) is -0.132. The van der Waals surface area contributed by atoms with Gasteiger partial charge in [-0.15, -0.1) is 0 Å². The lowest BCUT2D eigenvalue weighted by atomic mass is 10.0. The van der Waals surface area contributed by atoms with Crippen molar-refractivity contribution in [2.45, 2.75) is 25.9 Å². The van der Waals surface area contributed by atoms with E-state index in [0.717, 1.165) is 27.8 Å². The number of nitrogens with zero attached hydrogens (tertiary/aromatic N) is 4. The highest BCUT2D eigenvalue weighted by molar-refractivity contribution is 7.16. The first kappa shape index (κ1) is 20.8. The normalized spacial score (nSPS) is 15.9. The lowest BCUT2D eigenvalue weighted by Crippen LogP contribution is -2.23. The molecule has 2 aromatic carbocycles. The molecule has 2 heterocycles. The molecule has 1 unspecified atom stereocenters. The van der Waals surface area contributed by atoms with Crippen LogP contribution in [0.2, 0.25) is 10.2 Å². The lowest BCUT2D eigenvalue weighted by molar-refractivity contribution is -0.130. The maximum absolute atomic E-state index is 12.3. The number of carbonyl (C=O) groups is 1. The van der Waals surface area contributed by atoms with Gasteiger partial charge in [-0.25, -0.2) is 9.99 Å².